The molecule has 4 heteroatoms. The largest absolute Gasteiger partial charge is 0.342 e. The van der Waals surface area contributed by atoms with E-state index in [1.54, 1.807) is 0 Å². The van der Waals surface area contributed by atoms with Crippen molar-refractivity contribution in [3.8, 4) is 6.07 Å². The number of nitrogens with one attached hydrogen (secondary N) is 1. The standard InChI is InChI=1S/C14H24N4/c1-11(2)14(17(3)4)9-16-8-12-6-13(7-15)18(5)10-12/h6,10-11,14,16H,8-9H2,1-5H3. The van der Waals surface area contributed by atoms with Gasteiger partial charge in [0.15, 0.2) is 0 Å². The molecule has 4 nitrogen and oxygen atoms in total. The summed E-state index contributed by atoms with van der Waals surface area (Å²) in [6, 6.07) is 4.65. The number of aryl methyl sites for hydroxylation is 1. The monoisotopic (exact) mass is 248 g/mol. The molecule has 1 heterocycles. The van der Waals surface area contributed by atoms with Gasteiger partial charge in [-0.2, -0.15) is 5.26 Å². The van der Waals surface area contributed by atoms with Crippen molar-refractivity contribution in [2.24, 2.45) is 13.0 Å². The number of hydrogen-bond acceptors (Lipinski definition) is 3. The Labute approximate surface area is 110 Å². The van der Waals surface area contributed by atoms with Gasteiger partial charge in [-0.05, 0) is 31.6 Å². The lowest BCUT2D eigenvalue weighted by atomic mass is 10.0. The van der Waals surface area contributed by atoms with E-state index in [2.05, 4.69) is 44.2 Å². The fraction of sp³-hybridized carbons (Fsp3) is 0.643. The molecule has 0 saturated heterocycles. The molecule has 0 amide bonds. The number of likely N-dealkylation sites (N-methyl/N-ethyl adjacent to an activating group) is 1. The highest BCUT2D eigenvalue weighted by Gasteiger charge is 2.14. The van der Waals surface area contributed by atoms with Gasteiger partial charge < -0.3 is 14.8 Å². The molecule has 0 aliphatic carbocycles. The first-order valence-electron chi connectivity index (χ1n) is 6.38. The minimum Gasteiger partial charge on any atom is -0.342 e. The zero-order valence-corrected chi connectivity index (χ0v) is 12.1. The second-order valence-corrected chi connectivity index (χ2v) is 5.36. The molecule has 0 aliphatic rings. The van der Waals surface area contributed by atoms with Gasteiger partial charge in [0.2, 0.25) is 0 Å². The Kier molecular flexibility index (Phi) is 5.39. The zero-order chi connectivity index (χ0) is 13.7. The van der Waals surface area contributed by atoms with Crippen LogP contribution in [0.3, 0.4) is 0 Å². The van der Waals surface area contributed by atoms with Crippen molar-refractivity contribution in [3.05, 3.63) is 23.5 Å². The molecule has 1 rings (SSSR count). The Morgan fingerprint density at radius 2 is 2.11 bits per heavy atom. The first kappa shape index (κ1) is 14.7. The van der Waals surface area contributed by atoms with E-state index < -0.39 is 0 Å². The molecule has 18 heavy (non-hydrogen) atoms. The molecule has 0 radical (unpaired) electrons. The van der Waals surface area contributed by atoms with Gasteiger partial charge >= 0.3 is 0 Å². The van der Waals surface area contributed by atoms with Crippen molar-refractivity contribution < 1.29 is 0 Å². The molecule has 1 N–H and O–H groups in total. The van der Waals surface area contributed by atoms with Crippen LogP contribution in [0.15, 0.2) is 12.3 Å². The molecule has 1 atom stereocenters. The van der Waals surface area contributed by atoms with Crippen molar-refractivity contribution >= 4 is 0 Å². The van der Waals surface area contributed by atoms with E-state index in [-0.39, 0.29) is 0 Å². The van der Waals surface area contributed by atoms with Crippen molar-refractivity contribution in [2.75, 3.05) is 20.6 Å². The van der Waals surface area contributed by atoms with E-state index in [4.69, 9.17) is 5.26 Å². The molecule has 0 aliphatic heterocycles. The average Bonchev–Trinajstić information content (AvgIpc) is 2.64. The Morgan fingerprint density at radius 3 is 2.56 bits per heavy atom. The van der Waals surface area contributed by atoms with Gasteiger partial charge in [-0.15, -0.1) is 0 Å². The fourth-order valence-electron chi connectivity index (χ4n) is 2.22. The third kappa shape index (κ3) is 3.86. The van der Waals surface area contributed by atoms with Crippen LogP contribution >= 0.6 is 0 Å². The molecular weight excluding hydrogens is 224 g/mol. The van der Waals surface area contributed by atoms with Crippen LogP contribution in [-0.2, 0) is 13.6 Å². The average molecular weight is 248 g/mol. The summed E-state index contributed by atoms with van der Waals surface area (Å²) in [4.78, 5) is 2.25. The maximum Gasteiger partial charge on any atom is 0.120 e. The van der Waals surface area contributed by atoms with E-state index in [9.17, 15) is 0 Å². The maximum atomic E-state index is 8.89. The molecule has 0 bridgehead atoms. The third-order valence-corrected chi connectivity index (χ3v) is 3.29. The van der Waals surface area contributed by atoms with Crippen molar-refractivity contribution in [1.29, 1.82) is 5.26 Å². The van der Waals surface area contributed by atoms with Crippen LogP contribution in [0.5, 0.6) is 0 Å². The van der Waals surface area contributed by atoms with E-state index >= 15 is 0 Å². The number of nitrogens with zero attached hydrogens (tertiary/aromatic N) is 3. The first-order chi connectivity index (χ1) is 8.45. The van der Waals surface area contributed by atoms with Gasteiger partial charge in [0.25, 0.3) is 0 Å². The van der Waals surface area contributed by atoms with Gasteiger partial charge in [-0.25, -0.2) is 0 Å². The van der Waals surface area contributed by atoms with Gasteiger partial charge in [0.05, 0.1) is 0 Å². The van der Waals surface area contributed by atoms with Gasteiger partial charge in [0, 0.05) is 32.4 Å². The van der Waals surface area contributed by atoms with Crippen LogP contribution in [0, 0.1) is 17.2 Å². The SMILES string of the molecule is CC(C)C(CNCc1cc(C#N)n(C)c1)N(C)C. The second kappa shape index (κ2) is 6.58. The lowest BCUT2D eigenvalue weighted by Crippen LogP contribution is -2.41. The fourth-order valence-corrected chi connectivity index (χ4v) is 2.22. The molecule has 0 aromatic carbocycles. The highest BCUT2D eigenvalue weighted by Crippen LogP contribution is 2.08. The van der Waals surface area contributed by atoms with E-state index in [0.29, 0.717) is 17.7 Å². The zero-order valence-electron chi connectivity index (χ0n) is 12.1. The molecule has 0 saturated carbocycles. The molecule has 100 valence electrons. The number of hydrogen-bond donors (Lipinski definition) is 1. The second-order valence-electron chi connectivity index (χ2n) is 5.36. The summed E-state index contributed by atoms with van der Waals surface area (Å²) < 4.78 is 1.86. The summed E-state index contributed by atoms with van der Waals surface area (Å²) in [5.74, 6) is 0.623. The highest BCUT2D eigenvalue weighted by molar-refractivity contribution is 5.28. The van der Waals surface area contributed by atoms with Crippen LogP contribution in [0.25, 0.3) is 0 Å². The molecule has 1 unspecified atom stereocenters. The minimum absolute atomic E-state index is 0.532. The lowest BCUT2D eigenvalue weighted by molar-refractivity contribution is 0.224. The number of rotatable bonds is 6. The molecule has 1 aromatic heterocycles. The summed E-state index contributed by atoms with van der Waals surface area (Å²) in [6.45, 7) is 6.25. The Hall–Kier alpha value is -1.31. The van der Waals surface area contributed by atoms with Crippen molar-refractivity contribution in [2.45, 2.75) is 26.4 Å². The first-order valence-corrected chi connectivity index (χ1v) is 6.38. The van der Waals surface area contributed by atoms with Gasteiger partial charge in [0.1, 0.15) is 11.8 Å². The lowest BCUT2D eigenvalue weighted by Gasteiger charge is -2.28. The predicted octanol–water partition coefficient (Wildman–Crippen LogP) is 1.57. The third-order valence-electron chi connectivity index (χ3n) is 3.29. The summed E-state index contributed by atoms with van der Waals surface area (Å²) in [7, 11) is 6.13. The molecule has 1 aromatic rings. The van der Waals surface area contributed by atoms with Crippen LogP contribution in [0.2, 0.25) is 0 Å². The predicted molar refractivity (Wildman–Crippen MR) is 74.1 cm³/mol. The summed E-state index contributed by atoms with van der Waals surface area (Å²) in [5, 5.41) is 12.4. The van der Waals surface area contributed by atoms with Gasteiger partial charge in [-0.1, -0.05) is 13.8 Å². The minimum atomic E-state index is 0.532. The van der Waals surface area contributed by atoms with Crippen LogP contribution in [-0.4, -0.2) is 36.1 Å². The Balaban J connectivity index is 2.48. The summed E-state index contributed by atoms with van der Waals surface area (Å²) >= 11 is 0. The smallest absolute Gasteiger partial charge is 0.120 e. The number of nitriles is 1. The van der Waals surface area contributed by atoms with E-state index in [1.807, 2.05) is 23.9 Å². The van der Waals surface area contributed by atoms with E-state index in [0.717, 1.165) is 18.7 Å². The molecule has 0 spiro atoms. The molecule has 0 fully saturated rings. The van der Waals surface area contributed by atoms with Crippen molar-refractivity contribution in [1.82, 2.24) is 14.8 Å². The number of aromatic nitrogens is 1. The topological polar surface area (TPSA) is 44.0 Å². The highest BCUT2D eigenvalue weighted by atomic mass is 15.1. The Morgan fingerprint density at radius 1 is 1.44 bits per heavy atom. The molecular formula is C14H24N4. The van der Waals surface area contributed by atoms with Crippen LogP contribution in [0.4, 0.5) is 0 Å². The van der Waals surface area contributed by atoms with Crippen molar-refractivity contribution in [3.63, 3.8) is 0 Å². The quantitative estimate of drug-likeness (QED) is 0.831. The van der Waals surface area contributed by atoms with Crippen LogP contribution in [0.1, 0.15) is 25.1 Å². The summed E-state index contributed by atoms with van der Waals surface area (Å²) in [6.07, 6.45) is 2.01. The Bertz CT molecular complexity index is 404. The van der Waals surface area contributed by atoms with Crippen LogP contribution < -0.4 is 5.32 Å². The maximum absolute atomic E-state index is 8.89. The van der Waals surface area contributed by atoms with E-state index in [1.165, 1.54) is 0 Å². The summed E-state index contributed by atoms with van der Waals surface area (Å²) in [5.41, 5.74) is 1.87. The normalized spacial score (nSPS) is 13.0. The van der Waals surface area contributed by atoms with Gasteiger partial charge in [-0.3, -0.25) is 0 Å².